The third kappa shape index (κ3) is 7.11. The molecule has 1 heterocycles. The van der Waals surface area contributed by atoms with E-state index in [0.29, 0.717) is 28.5 Å². The van der Waals surface area contributed by atoms with Gasteiger partial charge in [0.2, 0.25) is 0 Å². The van der Waals surface area contributed by atoms with Crippen LogP contribution in [0.1, 0.15) is 55.7 Å². The number of nitrogens with one attached hydrogen (secondary N) is 3. The lowest BCUT2D eigenvalue weighted by atomic mass is 9.82. The zero-order chi connectivity index (χ0) is 23.8. The summed E-state index contributed by atoms with van der Waals surface area (Å²) in [5, 5.41) is 10.9. The van der Waals surface area contributed by atoms with Crippen molar-refractivity contribution in [3.05, 3.63) is 69.7 Å². The second-order valence-electron chi connectivity index (χ2n) is 9.55. The van der Waals surface area contributed by atoms with E-state index in [1.54, 1.807) is 0 Å². The lowest BCUT2D eigenvalue weighted by Gasteiger charge is -2.37. The van der Waals surface area contributed by atoms with Crippen LogP contribution in [0.4, 0.5) is 4.79 Å². The summed E-state index contributed by atoms with van der Waals surface area (Å²) in [5.74, 6) is 0.689. The topological polar surface area (TPSA) is 56.4 Å². The molecule has 5 nitrogen and oxygen atoms in total. The normalized spacial score (nSPS) is 22.2. The van der Waals surface area contributed by atoms with E-state index in [0.717, 1.165) is 69.4 Å². The number of rotatable bonds is 8. The van der Waals surface area contributed by atoms with Gasteiger partial charge in [-0.05, 0) is 61.6 Å². The molecule has 1 aliphatic carbocycles. The summed E-state index contributed by atoms with van der Waals surface area (Å²) in [6, 6.07) is 16.5. The molecule has 4 rings (SSSR count). The van der Waals surface area contributed by atoms with Gasteiger partial charge >= 0.3 is 6.03 Å². The van der Waals surface area contributed by atoms with Gasteiger partial charge in [0.1, 0.15) is 0 Å². The molecular formula is C27H36Cl2N4O. The highest BCUT2D eigenvalue weighted by atomic mass is 35.5. The molecule has 2 amide bonds. The Kier molecular flexibility index (Phi) is 9.51. The average molecular weight is 504 g/mol. The first kappa shape index (κ1) is 25.3. The van der Waals surface area contributed by atoms with Crippen LogP contribution in [0, 0.1) is 5.92 Å². The van der Waals surface area contributed by atoms with Gasteiger partial charge in [-0.3, -0.25) is 4.90 Å². The first-order valence-electron chi connectivity index (χ1n) is 12.6. The van der Waals surface area contributed by atoms with E-state index in [4.69, 9.17) is 23.2 Å². The Bertz CT molecular complexity index is 912. The van der Waals surface area contributed by atoms with Crippen LogP contribution < -0.4 is 16.0 Å². The molecule has 0 spiro atoms. The van der Waals surface area contributed by atoms with Gasteiger partial charge in [-0.15, -0.1) is 0 Å². The Morgan fingerprint density at radius 1 is 1.00 bits per heavy atom. The zero-order valence-corrected chi connectivity index (χ0v) is 21.3. The molecule has 7 heteroatoms. The molecule has 2 aliphatic rings. The summed E-state index contributed by atoms with van der Waals surface area (Å²) in [7, 11) is 0. The Labute approximate surface area is 213 Å². The summed E-state index contributed by atoms with van der Waals surface area (Å²) in [4.78, 5) is 14.9. The zero-order valence-electron chi connectivity index (χ0n) is 19.7. The first-order chi connectivity index (χ1) is 16.6. The van der Waals surface area contributed by atoms with Crippen LogP contribution in [0.2, 0.25) is 10.0 Å². The summed E-state index contributed by atoms with van der Waals surface area (Å²) in [6.07, 6.45) is 6.65. The Morgan fingerprint density at radius 3 is 2.47 bits per heavy atom. The number of amides is 2. The molecule has 1 unspecified atom stereocenters. The van der Waals surface area contributed by atoms with E-state index < -0.39 is 0 Å². The smallest absolute Gasteiger partial charge is 0.315 e. The van der Waals surface area contributed by atoms with Gasteiger partial charge in [0, 0.05) is 44.8 Å². The van der Waals surface area contributed by atoms with Gasteiger partial charge in [-0.1, -0.05) is 65.7 Å². The third-order valence-electron chi connectivity index (χ3n) is 7.26. The molecule has 3 N–H and O–H groups in total. The van der Waals surface area contributed by atoms with Crippen molar-refractivity contribution in [3.8, 4) is 0 Å². The number of carbonyl (C=O) groups is 1. The molecule has 0 radical (unpaired) electrons. The lowest BCUT2D eigenvalue weighted by Crippen LogP contribution is -2.45. The van der Waals surface area contributed by atoms with Gasteiger partial charge in [-0.25, -0.2) is 4.79 Å². The summed E-state index contributed by atoms with van der Waals surface area (Å²) < 4.78 is 0. The second kappa shape index (κ2) is 12.8. The maximum atomic E-state index is 12.3. The molecule has 1 atom stereocenters. The minimum Gasteiger partial charge on any atom is -0.335 e. The second-order valence-corrected chi connectivity index (χ2v) is 10.3. The monoisotopic (exact) mass is 502 g/mol. The van der Waals surface area contributed by atoms with E-state index in [9.17, 15) is 4.79 Å². The maximum Gasteiger partial charge on any atom is 0.315 e. The van der Waals surface area contributed by atoms with Crippen LogP contribution in [-0.2, 0) is 6.54 Å². The third-order valence-corrected chi connectivity index (χ3v) is 8.09. The number of carbonyl (C=O) groups excluding carboxylic acids is 1. The summed E-state index contributed by atoms with van der Waals surface area (Å²) >= 11 is 13.0. The number of hydrogen-bond donors (Lipinski definition) is 3. The number of hydrogen-bond acceptors (Lipinski definition) is 3. The highest BCUT2D eigenvalue weighted by Crippen LogP contribution is 2.38. The highest BCUT2D eigenvalue weighted by molar-refractivity contribution is 6.42. The minimum atomic E-state index is -0.0679. The van der Waals surface area contributed by atoms with Gasteiger partial charge < -0.3 is 16.0 Å². The number of nitrogens with zero attached hydrogens (tertiary/aromatic N) is 1. The van der Waals surface area contributed by atoms with Gasteiger partial charge in [0.15, 0.2) is 0 Å². The fourth-order valence-electron chi connectivity index (χ4n) is 5.31. The van der Waals surface area contributed by atoms with Crippen molar-refractivity contribution in [1.29, 1.82) is 0 Å². The van der Waals surface area contributed by atoms with Crippen LogP contribution in [-0.4, -0.2) is 43.2 Å². The maximum absolute atomic E-state index is 12.3. The van der Waals surface area contributed by atoms with Crippen LogP contribution in [0.3, 0.4) is 0 Å². The van der Waals surface area contributed by atoms with Crippen LogP contribution >= 0.6 is 23.2 Å². The van der Waals surface area contributed by atoms with Crippen LogP contribution in [0.15, 0.2) is 48.5 Å². The minimum absolute atomic E-state index is 0.0679. The van der Waals surface area contributed by atoms with E-state index in [1.807, 2.05) is 42.5 Å². The number of benzene rings is 2. The molecule has 1 saturated heterocycles. The van der Waals surface area contributed by atoms with E-state index in [1.165, 1.54) is 6.42 Å². The number of urea groups is 1. The van der Waals surface area contributed by atoms with Gasteiger partial charge in [0.05, 0.1) is 10.0 Å². The quantitative estimate of drug-likeness (QED) is 0.428. The molecule has 2 fully saturated rings. The number of halogens is 2. The molecule has 0 aromatic heterocycles. The Balaban J connectivity index is 1.25. The first-order valence-corrected chi connectivity index (χ1v) is 13.3. The van der Waals surface area contributed by atoms with Crippen LogP contribution in [0.5, 0.6) is 0 Å². The highest BCUT2D eigenvalue weighted by Gasteiger charge is 2.28. The molecule has 1 saturated carbocycles. The van der Waals surface area contributed by atoms with E-state index >= 15 is 0 Å². The largest absolute Gasteiger partial charge is 0.335 e. The van der Waals surface area contributed by atoms with E-state index in [-0.39, 0.29) is 12.1 Å². The molecular weight excluding hydrogens is 467 g/mol. The average Bonchev–Trinajstić information content (AvgIpc) is 2.87. The van der Waals surface area contributed by atoms with Gasteiger partial charge in [0.25, 0.3) is 0 Å². The van der Waals surface area contributed by atoms with Crippen molar-refractivity contribution >= 4 is 29.2 Å². The Hall–Kier alpha value is -1.79. The van der Waals surface area contributed by atoms with Crippen molar-refractivity contribution in [2.24, 2.45) is 5.92 Å². The standard InChI is InChI=1S/C27H36Cl2N4O/c28-24-8-4-7-23(26(24)29)25(33-17-15-30-16-18-33)14-11-20-9-12-22(13-10-20)32-27(34)31-19-21-5-2-1-3-6-21/h1-8,20,22,25,30H,9-19H2,(H2,31,32,34)/t20-,22-,25?. The van der Waals surface area contributed by atoms with Crippen molar-refractivity contribution in [3.63, 3.8) is 0 Å². The van der Waals surface area contributed by atoms with Crippen LogP contribution in [0.25, 0.3) is 0 Å². The molecule has 34 heavy (non-hydrogen) atoms. The number of piperazine rings is 1. The predicted molar refractivity (Wildman–Crippen MR) is 140 cm³/mol. The van der Waals surface area contributed by atoms with Crippen molar-refractivity contribution in [2.75, 3.05) is 26.2 Å². The van der Waals surface area contributed by atoms with Crippen molar-refractivity contribution in [2.45, 2.75) is 57.2 Å². The SMILES string of the molecule is O=C(NCc1ccccc1)N[C@H]1CC[C@H](CCC(c2cccc(Cl)c2Cl)N2CCNCC2)CC1. The fraction of sp³-hybridized carbons (Fsp3) is 0.519. The Morgan fingerprint density at radius 2 is 1.74 bits per heavy atom. The molecule has 184 valence electrons. The lowest BCUT2D eigenvalue weighted by molar-refractivity contribution is 0.152. The summed E-state index contributed by atoms with van der Waals surface area (Å²) in [5.41, 5.74) is 2.27. The predicted octanol–water partition coefficient (Wildman–Crippen LogP) is 5.78. The molecule has 2 aromatic rings. The molecule has 2 aromatic carbocycles. The molecule has 0 bridgehead atoms. The van der Waals surface area contributed by atoms with Gasteiger partial charge in [-0.2, -0.15) is 0 Å². The van der Waals surface area contributed by atoms with Crippen molar-refractivity contribution < 1.29 is 4.79 Å². The summed E-state index contributed by atoms with van der Waals surface area (Å²) in [6.45, 7) is 4.64. The molecule has 1 aliphatic heterocycles. The van der Waals surface area contributed by atoms with E-state index in [2.05, 4.69) is 26.9 Å². The van der Waals surface area contributed by atoms with Crippen molar-refractivity contribution in [1.82, 2.24) is 20.9 Å². The fourth-order valence-corrected chi connectivity index (χ4v) is 5.74.